The molecule has 5 atom stereocenters. The molecule has 6 aliphatic rings. The molecule has 13 rings (SSSR count). The summed E-state index contributed by atoms with van der Waals surface area (Å²) in [5.74, 6) is 2.91. The highest BCUT2D eigenvalue weighted by molar-refractivity contribution is 6.08. The van der Waals surface area contributed by atoms with Crippen LogP contribution in [0.1, 0.15) is 81.2 Å². The number of ether oxygens (including phenoxy) is 1. The van der Waals surface area contributed by atoms with Crippen molar-refractivity contribution < 1.29 is 4.74 Å². The van der Waals surface area contributed by atoms with Gasteiger partial charge in [-0.2, -0.15) is 0 Å². The summed E-state index contributed by atoms with van der Waals surface area (Å²) >= 11 is 0. The minimum atomic E-state index is -0.414. The molecule has 1 spiro atoms. The van der Waals surface area contributed by atoms with E-state index in [-0.39, 0.29) is 30.0 Å². The van der Waals surface area contributed by atoms with Crippen LogP contribution in [0.3, 0.4) is 0 Å². The van der Waals surface area contributed by atoms with Crippen molar-refractivity contribution in [3.63, 3.8) is 0 Å². The van der Waals surface area contributed by atoms with Crippen molar-refractivity contribution in [3.05, 3.63) is 250 Å². The highest BCUT2D eigenvalue weighted by Gasteiger charge is 2.57. The number of hydrogen-bond acceptors (Lipinski definition) is 5. The second kappa shape index (κ2) is 14.7. The van der Waals surface area contributed by atoms with Crippen LogP contribution in [-0.4, -0.2) is 16.7 Å². The Labute approximate surface area is 373 Å². The summed E-state index contributed by atoms with van der Waals surface area (Å²) in [6.45, 7) is 0. The van der Waals surface area contributed by atoms with Crippen molar-refractivity contribution in [1.29, 1.82) is 0 Å². The molecule has 5 unspecified atom stereocenters. The zero-order valence-electron chi connectivity index (χ0n) is 35.2. The normalized spacial score (nSPS) is 22.8. The maximum atomic E-state index is 7.30. The highest BCUT2D eigenvalue weighted by Crippen LogP contribution is 2.65. The number of aromatic nitrogens is 1. The monoisotopic (exact) mass is 824 g/mol. The van der Waals surface area contributed by atoms with Gasteiger partial charge in [0.05, 0.1) is 16.6 Å². The van der Waals surface area contributed by atoms with Gasteiger partial charge in [0.25, 0.3) is 0 Å². The molecule has 3 heterocycles. The van der Waals surface area contributed by atoms with Crippen molar-refractivity contribution >= 4 is 34.2 Å². The van der Waals surface area contributed by atoms with Gasteiger partial charge in [0, 0.05) is 45.4 Å². The molecule has 0 amide bonds. The molecule has 0 fully saturated rings. The number of hydrogen-bond donors (Lipinski definition) is 1. The van der Waals surface area contributed by atoms with Gasteiger partial charge in [0.2, 0.25) is 0 Å². The minimum absolute atomic E-state index is 0.0177. The number of amidine groups is 2. The SMILES string of the molecule is C1=CCC(C2=NC(c3cccc(C4=CCC(c5nc6ccccc6c6c5C=CC5C6Oc6ccccc6C56c5ccccc5-c5ccccc56)C=C4)c3)NC(c3ccccc3)=N2)C=C1. The van der Waals surface area contributed by atoms with Crippen LogP contribution in [0.25, 0.3) is 33.7 Å². The Hall–Kier alpha value is -7.63. The molecule has 0 saturated heterocycles. The molecular weight excluding hydrogens is 781 g/mol. The number of para-hydroxylation sites is 2. The van der Waals surface area contributed by atoms with Crippen molar-refractivity contribution in [3.8, 4) is 16.9 Å². The number of rotatable bonds is 5. The van der Waals surface area contributed by atoms with Crippen LogP contribution in [0.2, 0.25) is 0 Å². The Morgan fingerprint density at radius 3 is 2.17 bits per heavy atom. The number of fused-ring (bicyclic) bond motifs is 13. The molecule has 0 saturated carbocycles. The zero-order chi connectivity index (χ0) is 42.2. The maximum Gasteiger partial charge on any atom is 0.147 e. The lowest BCUT2D eigenvalue weighted by molar-refractivity contribution is 0.104. The molecule has 0 radical (unpaired) electrons. The van der Waals surface area contributed by atoms with Gasteiger partial charge in [-0.3, -0.25) is 4.98 Å². The van der Waals surface area contributed by atoms with Crippen molar-refractivity contribution in [2.45, 2.75) is 36.4 Å². The number of benzene rings is 6. The van der Waals surface area contributed by atoms with Gasteiger partial charge in [-0.15, -0.1) is 0 Å². The van der Waals surface area contributed by atoms with E-state index in [1.165, 1.54) is 50.1 Å². The third-order valence-corrected chi connectivity index (χ3v) is 14.2. The van der Waals surface area contributed by atoms with Gasteiger partial charge in [-0.1, -0.05) is 188 Å². The summed E-state index contributed by atoms with van der Waals surface area (Å²) in [6, 6.07) is 54.6. The first-order valence-corrected chi connectivity index (χ1v) is 22.6. The summed E-state index contributed by atoms with van der Waals surface area (Å²) in [6.07, 6.45) is 21.7. The van der Waals surface area contributed by atoms with Crippen LogP contribution in [0.4, 0.5) is 0 Å². The molecular formula is C59H44N4O. The molecule has 4 aliphatic carbocycles. The Kier molecular flexibility index (Phi) is 8.52. The molecule has 64 heavy (non-hydrogen) atoms. The van der Waals surface area contributed by atoms with Gasteiger partial charge in [-0.25, -0.2) is 9.98 Å². The highest BCUT2D eigenvalue weighted by atomic mass is 16.5. The van der Waals surface area contributed by atoms with Crippen LogP contribution in [0, 0.1) is 11.8 Å². The molecule has 1 N–H and O–H groups in total. The summed E-state index contributed by atoms with van der Waals surface area (Å²) in [5.41, 5.74) is 15.2. The summed E-state index contributed by atoms with van der Waals surface area (Å²) in [7, 11) is 0. The third-order valence-electron chi connectivity index (χ3n) is 14.2. The lowest BCUT2D eigenvalue weighted by Gasteiger charge is -2.49. The zero-order valence-corrected chi connectivity index (χ0v) is 35.2. The smallest absolute Gasteiger partial charge is 0.147 e. The van der Waals surface area contributed by atoms with Crippen LogP contribution < -0.4 is 10.1 Å². The minimum Gasteiger partial charge on any atom is -0.485 e. The maximum absolute atomic E-state index is 7.30. The largest absolute Gasteiger partial charge is 0.485 e. The molecule has 0 bridgehead atoms. The Bertz CT molecular complexity index is 3230. The second-order valence-electron chi connectivity index (χ2n) is 17.7. The molecule has 1 aromatic heterocycles. The lowest BCUT2D eigenvalue weighted by Crippen LogP contribution is -2.45. The predicted octanol–water partition coefficient (Wildman–Crippen LogP) is 13.0. The fraction of sp³-hybridized carbons (Fsp3) is 0.136. The van der Waals surface area contributed by atoms with Crippen LogP contribution >= 0.6 is 0 Å². The average Bonchev–Trinajstić information content (AvgIpc) is 3.67. The van der Waals surface area contributed by atoms with E-state index in [4.69, 9.17) is 19.7 Å². The van der Waals surface area contributed by atoms with Crippen molar-refractivity contribution in [2.75, 3.05) is 0 Å². The molecule has 5 heteroatoms. The van der Waals surface area contributed by atoms with E-state index in [2.05, 4.69) is 206 Å². The van der Waals surface area contributed by atoms with Gasteiger partial charge in [0.15, 0.2) is 0 Å². The second-order valence-corrected chi connectivity index (χ2v) is 17.7. The summed E-state index contributed by atoms with van der Waals surface area (Å²) in [4.78, 5) is 15.7. The number of aliphatic imine (C=N–C) groups is 2. The number of nitrogens with one attached hydrogen (secondary N) is 1. The number of nitrogens with zero attached hydrogens (tertiary/aromatic N) is 3. The van der Waals surface area contributed by atoms with Gasteiger partial charge in [-0.05, 0) is 70.0 Å². The van der Waals surface area contributed by atoms with E-state index in [9.17, 15) is 0 Å². The van der Waals surface area contributed by atoms with Crippen LogP contribution in [0.15, 0.2) is 210 Å². The Balaban J connectivity index is 0.863. The first-order valence-electron chi connectivity index (χ1n) is 22.6. The third kappa shape index (κ3) is 5.66. The van der Waals surface area contributed by atoms with Gasteiger partial charge < -0.3 is 10.1 Å². The number of pyridine rings is 1. The molecule has 306 valence electrons. The van der Waals surface area contributed by atoms with E-state index in [0.29, 0.717) is 0 Å². The first-order chi connectivity index (χ1) is 31.7. The van der Waals surface area contributed by atoms with Gasteiger partial charge >= 0.3 is 0 Å². The Morgan fingerprint density at radius 1 is 0.625 bits per heavy atom. The van der Waals surface area contributed by atoms with Crippen molar-refractivity contribution in [1.82, 2.24) is 10.3 Å². The predicted molar refractivity (Wildman–Crippen MR) is 259 cm³/mol. The molecule has 2 aliphatic heterocycles. The standard InChI is InChI=1S/C59H44N4O/c1-3-16-39(17-4-1)56-61-57(40-18-5-2-6-19-40)63-58(62-56)42-21-15-20-41(36-42)37-30-32-38(33-31-37)54-46-34-35-50-55(53(46)45-24-9-13-28-51(45)60-54)64-52-29-14-12-27-49(52)59(50)47-25-10-7-22-43(47)44-23-8-11-26-48(44)59/h1-18,20-32,34-36,38,40,50,55,58H,19,33H2,(H,61,62,63). The molecule has 5 nitrogen and oxygen atoms in total. The van der Waals surface area contributed by atoms with E-state index >= 15 is 0 Å². The fourth-order valence-electron chi connectivity index (χ4n) is 11.4. The average molecular weight is 825 g/mol. The van der Waals surface area contributed by atoms with Crippen molar-refractivity contribution in [2.24, 2.45) is 21.8 Å². The van der Waals surface area contributed by atoms with E-state index in [1.807, 2.05) is 6.07 Å². The van der Waals surface area contributed by atoms with Gasteiger partial charge in [0.1, 0.15) is 29.7 Å². The van der Waals surface area contributed by atoms with E-state index < -0.39 is 5.41 Å². The quantitative estimate of drug-likeness (QED) is 0.188. The fourth-order valence-corrected chi connectivity index (χ4v) is 11.4. The topological polar surface area (TPSA) is 58.9 Å². The number of allylic oxidation sites excluding steroid dienone is 7. The summed E-state index contributed by atoms with van der Waals surface area (Å²) in [5, 5.41) is 4.82. The van der Waals surface area contributed by atoms with E-state index in [0.717, 1.165) is 58.0 Å². The molecule has 7 aromatic rings. The first kappa shape index (κ1) is 37.0. The van der Waals surface area contributed by atoms with Crippen LogP contribution in [0.5, 0.6) is 5.75 Å². The van der Waals surface area contributed by atoms with E-state index in [1.54, 1.807) is 0 Å². The summed E-state index contributed by atoms with van der Waals surface area (Å²) < 4.78 is 7.30. The molecule has 6 aromatic carbocycles. The van der Waals surface area contributed by atoms with Crippen LogP contribution in [-0.2, 0) is 5.41 Å². The lowest BCUT2D eigenvalue weighted by atomic mass is 9.58. The Morgan fingerprint density at radius 2 is 1.38 bits per heavy atom.